The van der Waals surface area contributed by atoms with Crippen molar-refractivity contribution >= 4 is 17.4 Å². The number of hydrogen-bond acceptors (Lipinski definition) is 6. The number of rotatable bonds is 6. The number of amides is 1. The number of carbonyl (C=O) groups is 1. The topological polar surface area (TPSA) is 76.6 Å². The van der Waals surface area contributed by atoms with Gasteiger partial charge < -0.3 is 19.7 Å². The Balaban J connectivity index is 1.35. The average Bonchev–Trinajstić information content (AvgIpc) is 2.84. The van der Waals surface area contributed by atoms with Crippen LogP contribution in [0.3, 0.4) is 0 Å². The van der Waals surface area contributed by atoms with Gasteiger partial charge in [0.15, 0.2) is 5.82 Å². The van der Waals surface area contributed by atoms with Gasteiger partial charge in [0.25, 0.3) is 0 Å². The first kappa shape index (κ1) is 21.6. The molecular weight excluding hydrogens is 404 g/mol. The third kappa shape index (κ3) is 4.99. The molecule has 0 spiro atoms. The van der Waals surface area contributed by atoms with Crippen LogP contribution < -0.4 is 19.7 Å². The molecule has 3 aromatic rings. The van der Waals surface area contributed by atoms with Crippen LogP contribution in [0, 0.1) is 12.8 Å². The van der Waals surface area contributed by atoms with Gasteiger partial charge in [0, 0.05) is 48.5 Å². The second kappa shape index (κ2) is 9.68. The van der Waals surface area contributed by atoms with E-state index in [1.807, 2.05) is 24.3 Å². The Morgan fingerprint density at radius 2 is 1.69 bits per heavy atom. The summed E-state index contributed by atoms with van der Waals surface area (Å²) in [5.74, 6) is 2.09. The second-order valence-electron chi connectivity index (χ2n) is 8.00. The molecule has 1 saturated heterocycles. The first-order valence-corrected chi connectivity index (χ1v) is 10.8. The summed E-state index contributed by atoms with van der Waals surface area (Å²) in [5.41, 5.74) is 3.79. The predicted octanol–water partition coefficient (Wildman–Crippen LogP) is 4.32. The zero-order valence-electron chi connectivity index (χ0n) is 18.7. The molecule has 0 saturated carbocycles. The van der Waals surface area contributed by atoms with E-state index in [-0.39, 0.29) is 11.8 Å². The van der Waals surface area contributed by atoms with Crippen molar-refractivity contribution in [2.24, 2.45) is 5.92 Å². The molecule has 0 atom stereocenters. The summed E-state index contributed by atoms with van der Waals surface area (Å²) in [5, 5.41) is 11.8. The molecule has 1 amide bonds. The molecule has 0 bridgehead atoms. The highest BCUT2D eigenvalue weighted by Crippen LogP contribution is 2.28. The standard InChI is InChI=1S/C25H28N4O3/c1-17-5-4-6-19(13-17)23-7-8-24(28-27-23)29-11-9-18(10-12-29)25(30)26-20-14-21(31-2)16-22(15-20)32-3/h4-8,13-16,18H,9-12H2,1-3H3,(H,26,30). The molecule has 0 radical (unpaired) electrons. The number of hydrogen-bond donors (Lipinski definition) is 1. The lowest BCUT2D eigenvalue weighted by Gasteiger charge is -2.31. The Bertz CT molecular complexity index is 1050. The quantitative estimate of drug-likeness (QED) is 0.625. The summed E-state index contributed by atoms with van der Waals surface area (Å²) in [6.45, 7) is 3.59. The van der Waals surface area contributed by atoms with Gasteiger partial charge in [-0.2, -0.15) is 0 Å². The van der Waals surface area contributed by atoms with E-state index in [0.717, 1.165) is 43.0 Å². The van der Waals surface area contributed by atoms with E-state index in [1.165, 1.54) is 5.56 Å². The molecule has 1 aromatic heterocycles. The molecule has 1 aliphatic heterocycles. The Morgan fingerprint density at radius 1 is 0.969 bits per heavy atom. The van der Waals surface area contributed by atoms with E-state index < -0.39 is 0 Å². The number of nitrogens with one attached hydrogen (secondary N) is 1. The minimum Gasteiger partial charge on any atom is -0.497 e. The minimum absolute atomic E-state index is 0.0147. The maximum atomic E-state index is 12.8. The highest BCUT2D eigenvalue weighted by molar-refractivity contribution is 5.93. The lowest BCUT2D eigenvalue weighted by molar-refractivity contribution is -0.120. The number of anilines is 2. The smallest absolute Gasteiger partial charge is 0.227 e. The van der Waals surface area contributed by atoms with Gasteiger partial charge in [0.1, 0.15) is 11.5 Å². The van der Waals surface area contributed by atoms with Crippen LogP contribution in [0.1, 0.15) is 18.4 Å². The van der Waals surface area contributed by atoms with Crippen molar-refractivity contribution in [1.82, 2.24) is 10.2 Å². The maximum absolute atomic E-state index is 12.8. The van der Waals surface area contributed by atoms with Crippen LogP contribution in [0.5, 0.6) is 11.5 Å². The molecule has 0 unspecified atom stereocenters. The summed E-state index contributed by atoms with van der Waals surface area (Å²) < 4.78 is 10.6. The van der Waals surface area contributed by atoms with E-state index in [1.54, 1.807) is 32.4 Å². The molecule has 1 fully saturated rings. The Morgan fingerprint density at radius 3 is 2.28 bits per heavy atom. The van der Waals surface area contributed by atoms with Gasteiger partial charge in [-0.25, -0.2) is 0 Å². The van der Waals surface area contributed by atoms with E-state index in [0.29, 0.717) is 17.2 Å². The van der Waals surface area contributed by atoms with Gasteiger partial charge in [-0.15, -0.1) is 10.2 Å². The van der Waals surface area contributed by atoms with Crippen molar-refractivity contribution in [2.75, 3.05) is 37.5 Å². The van der Waals surface area contributed by atoms with Crippen LogP contribution in [0.15, 0.2) is 54.6 Å². The molecule has 2 heterocycles. The first-order valence-electron chi connectivity index (χ1n) is 10.8. The molecule has 0 aliphatic carbocycles. The van der Waals surface area contributed by atoms with Crippen molar-refractivity contribution in [1.29, 1.82) is 0 Å². The Hall–Kier alpha value is -3.61. The zero-order chi connectivity index (χ0) is 22.5. The highest BCUT2D eigenvalue weighted by atomic mass is 16.5. The molecule has 7 heteroatoms. The number of nitrogens with zero attached hydrogens (tertiary/aromatic N) is 3. The third-order valence-electron chi connectivity index (χ3n) is 5.77. The molecule has 4 rings (SSSR count). The fourth-order valence-electron chi connectivity index (χ4n) is 3.95. The molecule has 1 aliphatic rings. The summed E-state index contributed by atoms with van der Waals surface area (Å²) in [6.07, 6.45) is 1.52. The summed E-state index contributed by atoms with van der Waals surface area (Å²) in [4.78, 5) is 15.0. The van der Waals surface area contributed by atoms with Crippen LogP contribution in [-0.4, -0.2) is 43.4 Å². The molecule has 32 heavy (non-hydrogen) atoms. The number of methoxy groups -OCH3 is 2. The molecular formula is C25H28N4O3. The van der Waals surface area contributed by atoms with Gasteiger partial charge >= 0.3 is 0 Å². The Kier molecular flexibility index (Phi) is 6.54. The average molecular weight is 433 g/mol. The summed E-state index contributed by atoms with van der Waals surface area (Å²) >= 11 is 0. The van der Waals surface area contributed by atoms with E-state index in [2.05, 4.69) is 39.5 Å². The zero-order valence-corrected chi connectivity index (χ0v) is 18.7. The van der Waals surface area contributed by atoms with Gasteiger partial charge in [-0.3, -0.25) is 4.79 Å². The number of ether oxygens (including phenoxy) is 2. The summed E-state index contributed by atoms with van der Waals surface area (Å²) in [6, 6.07) is 17.6. The van der Waals surface area contributed by atoms with Crippen molar-refractivity contribution in [3.63, 3.8) is 0 Å². The lowest BCUT2D eigenvalue weighted by atomic mass is 9.95. The number of benzene rings is 2. The van der Waals surface area contributed by atoms with Gasteiger partial charge in [0.05, 0.1) is 19.9 Å². The van der Waals surface area contributed by atoms with Gasteiger partial charge in [-0.1, -0.05) is 23.8 Å². The Labute approximate surface area is 188 Å². The maximum Gasteiger partial charge on any atom is 0.227 e. The second-order valence-corrected chi connectivity index (χ2v) is 8.00. The number of carbonyl (C=O) groups excluding carboxylic acids is 1. The van der Waals surface area contributed by atoms with E-state index in [4.69, 9.17) is 9.47 Å². The van der Waals surface area contributed by atoms with Crippen molar-refractivity contribution in [3.8, 4) is 22.8 Å². The largest absolute Gasteiger partial charge is 0.497 e. The number of aromatic nitrogens is 2. The van der Waals surface area contributed by atoms with Crippen LogP contribution >= 0.6 is 0 Å². The van der Waals surface area contributed by atoms with Crippen LogP contribution in [0.2, 0.25) is 0 Å². The lowest BCUT2D eigenvalue weighted by Crippen LogP contribution is -2.38. The van der Waals surface area contributed by atoms with Gasteiger partial charge in [0.2, 0.25) is 5.91 Å². The highest BCUT2D eigenvalue weighted by Gasteiger charge is 2.26. The van der Waals surface area contributed by atoms with Crippen molar-refractivity contribution in [2.45, 2.75) is 19.8 Å². The first-order chi connectivity index (χ1) is 15.6. The molecule has 2 aromatic carbocycles. The SMILES string of the molecule is COc1cc(NC(=O)C2CCN(c3ccc(-c4cccc(C)c4)nn3)CC2)cc(OC)c1. The van der Waals surface area contributed by atoms with Crippen LogP contribution in [-0.2, 0) is 4.79 Å². The van der Waals surface area contributed by atoms with Crippen LogP contribution in [0.4, 0.5) is 11.5 Å². The normalized spacial score (nSPS) is 14.2. The monoisotopic (exact) mass is 432 g/mol. The van der Waals surface area contributed by atoms with E-state index in [9.17, 15) is 4.79 Å². The van der Waals surface area contributed by atoms with E-state index >= 15 is 0 Å². The molecule has 7 nitrogen and oxygen atoms in total. The number of aryl methyl sites for hydroxylation is 1. The predicted molar refractivity (Wildman–Crippen MR) is 125 cm³/mol. The van der Waals surface area contributed by atoms with Gasteiger partial charge in [-0.05, 0) is 38.0 Å². The molecule has 1 N–H and O–H groups in total. The van der Waals surface area contributed by atoms with Crippen molar-refractivity contribution < 1.29 is 14.3 Å². The summed E-state index contributed by atoms with van der Waals surface area (Å²) in [7, 11) is 3.18. The fraction of sp³-hybridized carbons (Fsp3) is 0.320. The third-order valence-corrected chi connectivity index (χ3v) is 5.77. The molecule has 166 valence electrons. The minimum atomic E-state index is -0.0528. The van der Waals surface area contributed by atoms with Crippen LogP contribution in [0.25, 0.3) is 11.3 Å². The number of piperidine rings is 1. The van der Waals surface area contributed by atoms with Crippen molar-refractivity contribution in [3.05, 3.63) is 60.2 Å². The fourth-order valence-corrected chi connectivity index (χ4v) is 3.95.